The van der Waals surface area contributed by atoms with E-state index in [0.29, 0.717) is 18.9 Å². The summed E-state index contributed by atoms with van der Waals surface area (Å²) < 4.78 is 66.7. The molecule has 0 radical (unpaired) electrons. The summed E-state index contributed by atoms with van der Waals surface area (Å²) in [7, 11) is -4.03. The van der Waals surface area contributed by atoms with Crippen molar-refractivity contribution in [1.82, 2.24) is 4.31 Å². The number of nitrogens with one attached hydrogen (secondary N) is 1. The van der Waals surface area contributed by atoms with Crippen LogP contribution in [0.25, 0.3) is 0 Å². The topological polar surface area (TPSA) is 66.5 Å². The number of carbonyl (C=O) groups excluding carboxylic acids is 1. The highest BCUT2D eigenvalue weighted by Gasteiger charge is 2.37. The zero-order valence-corrected chi connectivity index (χ0v) is 15.0. The van der Waals surface area contributed by atoms with Crippen LogP contribution in [0.3, 0.4) is 0 Å². The Morgan fingerprint density at radius 2 is 1.67 bits per heavy atom. The van der Waals surface area contributed by atoms with Crippen molar-refractivity contribution in [3.63, 3.8) is 0 Å². The van der Waals surface area contributed by atoms with E-state index in [1.807, 2.05) is 0 Å². The minimum atomic E-state index is -4.03. The number of hydrogen-bond acceptors (Lipinski definition) is 3. The molecule has 1 aliphatic heterocycles. The predicted octanol–water partition coefficient (Wildman–Crippen LogP) is 3.29. The fourth-order valence-corrected chi connectivity index (χ4v) is 4.66. The van der Waals surface area contributed by atoms with Gasteiger partial charge in [0.15, 0.2) is 0 Å². The van der Waals surface area contributed by atoms with Gasteiger partial charge >= 0.3 is 0 Å². The lowest BCUT2D eigenvalue weighted by atomic mass is 10.0. The standard InChI is InChI=1S/C18H17F3N2O3S/c19-12-4-7-14(8-5-12)27(25,26)23-10-2-1-3-17(23)18(24)22-16-9-6-13(20)11-15(16)21/h4-9,11,17H,1-3,10H2,(H,22,24)/t17-/m0/s1. The molecule has 27 heavy (non-hydrogen) atoms. The van der Waals surface area contributed by atoms with Gasteiger partial charge in [-0.25, -0.2) is 21.6 Å². The molecule has 1 N–H and O–H groups in total. The lowest BCUT2D eigenvalue weighted by Crippen LogP contribution is -2.49. The molecular formula is C18H17F3N2O3S. The Morgan fingerprint density at radius 1 is 1.00 bits per heavy atom. The van der Waals surface area contributed by atoms with E-state index < -0.39 is 39.4 Å². The number of halogens is 3. The van der Waals surface area contributed by atoms with Gasteiger partial charge in [0.05, 0.1) is 10.6 Å². The van der Waals surface area contributed by atoms with Gasteiger partial charge in [0.25, 0.3) is 0 Å². The normalized spacial score (nSPS) is 18.3. The third-order valence-corrected chi connectivity index (χ3v) is 6.29. The van der Waals surface area contributed by atoms with Crippen LogP contribution in [0.5, 0.6) is 0 Å². The fraction of sp³-hybridized carbons (Fsp3) is 0.278. The molecule has 0 spiro atoms. The average Bonchev–Trinajstić information content (AvgIpc) is 2.64. The molecule has 0 saturated carbocycles. The Balaban J connectivity index is 1.86. The van der Waals surface area contributed by atoms with Gasteiger partial charge in [-0.2, -0.15) is 4.31 Å². The summed E-state index contributed by atoms with van der Waals surface area (Å²) in [5.74, 6) is -3.02. The number of benzene rings is 2. The van der Waals surface area contributed by atoms with Crippen LogP contribution in [0, 0.1) is 17.5 Å². The van der Waals surface area contributed by atoms with Crippen molar-refractivity contribution >= 4 is 21.6 Å². The lowest BCUT2D eigenvalue weighted by Gasteiger charge is -2.33. The highest BCUT2D eigenvalue weighted by Crippen LogP contribution is 2.27. The number of carbonyl (C=O) groups is 1. The second-order valence-corrected chi connectivity index (χ2v) is 8.09. The van der Waals surface area contributed by atoms with Crippen molar-refractivity contribution < 1.29 is 26.4 Å². The summed E-state index contributed by atoms with van der Waals surface area (Å²) in [5, 5.41) is 2.32. The van der Waals surface area contributed by atoms with Gasteiger partial charge in [-0.05, 0) is 49.2 Å². The van der Waals surface area contributed by atoms with Crippen molar-refractivity contribution in [3.05, 3.63) is 59.9 Å². The second kappa shape index (κ2) is 7.69. The first kappa shape index (κ1) is 19.4. The van der Waals surface area contributed by atoms with Gasteiger partial charge < -0.3 is 5.32 Å². The van der Waals surface area contributed by atoms with Gasteiger partial charge in [0, 0.05) is 12.6 Å². The maximum atomic E-state index is 13.8. The predicted molar refractivity (Wildman–Crippen MR) is 92.9 cm³/mol. The molecule has 1 saturated heterocycles. The Bertz CT molecular complexity index is 949. The van der Waals surface area contributed by atoms with Gasteiger partial charge in [-0.15, -0.1) is 0 Å². The van der Waals surface area contributed by atoms with E-state index in [0.717, 1.165) is 40.7 Å². The SMILES string of the molecule is O=C(Nc1ccc(F)cc1F)[C@@H]1CCCCN1S(=O)(=O)c1ccc(F)cc1. The molecule has 144 valence electrons. The molecule has 0 unspecified atom stereocenters. The molecule has 1 atom stereocenters. The molecule has 5 nitrogen and oxygen atoms in total. The Labute approximate surface area is 154 Å². The van der Waals surface area contributed by atoms with Gasteiger partial charge in [0.2, 0.25) is 15.9 Å². The molecule has 0 aliphatic carbocycles. The van der Waals surface area contributed by atoms with E-state index in [9.17, 15) is 26.4 Å². The number of piperidine rings is 1. The fourth-order valence-electron chi connectivity index (χ4n) is 3.00. The molecular weight excluding hydrogens is 381 g/mol. The minimum Gasteiger partial charge on any atom is -0.322 e. The Kier molecular flexibility index (Phi) is 5.52. The van der Waals surface area contributed by atoms with Crippen LogP contribution in [-0.2, 0) is 14.8 Å². The first-order valence-electron chi connectivity index (χ1n) is 8.32. The largest absolute Gasteiger partial charge is 0.322 e. The molecule has 9 heteroatoms. The first-order chi connectivity index (χ1) is 12.8. The summed E-state index contributed by atoms with van der Waals surface area (Å²) >= 11 is 0. The first-order valence-corrected chi connectivity index (χ1v) is 9.76. The van der Waals surface area contributed by atoms with Crippen molar-refractivity contribution in [2.45, 2.75) is 30.2 Å². The zero-order valence-electron chi connectivity index (χ0n) is 14.2. The van der Waals surface area contributed by atoms with Crippen LogP contribution < -0.4 is 5.32 Å². The van der Waals surface area contributed by atoms with E-state index in [2.05, 4.69) is 5.32 Å². The maximum Gasteiger partial charge on any atom is 0.243 e. The van der Waals surface area contributed by atoms with Gasteiger partial charge in [-0.3, -0.25) is 4.79 Å². The van der Waals surface area contributed by atoms with Crippen molar-refractivity contribution in [3.8, 4) is 0 Å². The zero-order chi connectivity index (χ0) is 19.6. The van der Waals surface area contributed by atoms with E-state index in [4.69, 9.17) is 0 Å². The summed E-state index contributed by atoms with van der Waals surface area (Å²) in [5.41, 5.74) is -0.230. The van der Waals surface area contributed by atoms with Crippen LogP contribution in [0.2, 0.25) is 0 Å². The van der Waals surface area contributed by atoms with Crippen LogP contribution in [-0.4, -0.2) is 31.2 Å². The highest BCUT2D eigenvalue weighted by molar-refractivity contribution is 7.89. The number of sulfonamides is 1. The summed E-state index contributed by atoms with van der Waals surface area (Å²) in [6.07, 6.45) is 1.45. The molecule has 1 fully saturated rings. The third kappa shape index (κ3) is 4.14. The number of anilines is 1. The number of hydrogen-bond donors (Lipinski definition) is 1. The Hall–Kier alpha value is -2.39. The Morgan fingerprint density at radius 3 is 2.33 bits per heavy atom. The molecule has 2 aromatic rings. The van der Waals surface area contributed by atoms with Crippen LogP contribution >= 0.6 is 0 Å². The second-order valence-electron chi connectivity index (χ2n) is 6.19. The quantitative estimate of drug-likeness (QED) is 0.860. The third-order valence-electron chi connectivity index (χ3n) is 4.37. The maximum absolute atomic E-state index is 13.8. The smallest absolute Gasteiger partial charge is 0.243 e. The number of rotatable bonds is 4. The molecule has 0 aromatic heterocycles. The summed E-state index contributed by atoms with van der Waals surface area (Å²) in [6, 6.07) is 5.97. The monoisotopic (exact) mass is 398 g/mol. The number of nitrogens with zero attached hydrogens (tertiary/aromatic N) is 1. The van der Waals surface area contributed by atoms with Crippen molar-refractivity contribution in [2.75, 3.05) is 11.9 Å². The van der Waals surface area contributed by atoms with E-state index in [1.54, 1.807) is 0 Å². The van der Waals surface area contributed by atoms with E-state index >= 15 is 0 Å². The van der Waals surface area contributed by atoms with E-state index in [1.165, 1.54) is 0 Å². The summed E-state index contributed by atoms with van der Waals surface area (Å²) in [4.78, 5) is 12.5. The summed E-state index contributed by atoms with van der Waals surface area (Å²) in [6.45, 7) is 0.115. The molecule has 1 aliphatic rings. The van der Waals surface area contributed by atoms with Crippen LogP contribution in [0.15, 0.2) is 47.4 Å². The molecule has 3 rings (SSSR count). The highest BCUT2D eigenvalue weighted by atomic mass is 32.2. The average molecular weight is 398 g/mol. The van der Waals surface area contributed by atoms with E-state index in [-0.39, 0.29) is 23.5 Å². The minimum absolute atomic E-state index is 0.115. The van der Waals surface area contributed by atoms with Gasteiger partial charge in [-0.1, -0.05) is 6.42 Å². The molecule has 1 heterocycles. The van der Waals surface area contributed by atoms with Crippen molar-refractivity contribution in [1.29, 1.82) is 0 Å². The lowest BCUT2D eigenvalue weighted by molar-refractivity contribution is -0.120. The molecule has 0 bridgehead atoms. The molecule has 1 amide bonds. The van der Waals surface area contributed by atoms with Gasteiger partial charge in [0.1, 0.15) is 23.5 Å². The van der Waals surface area contributed by atoms with Crippen molar-refractivity contribution in [2.24, 2.45) is 0 Å². The molecule has 2 aromatic carbocycles. The van der Waals surface area contributed by atoms with Crippen LogP contribution in [0.1, 0.15) is 19.3 Å². The van der Waals surface area contributed by atoms with Crippen LogP contribution in [0.4, 0.5) is 18.9 Å². The number of amides is 1.